The molecular formula is C17H25N3O4S2. The van der Waals surface area contributed by atoms with Crippen molar-refractivity contribution in [2.45, 2.75) is 19.0 Å². The second-order valence-corrected chi connectivity index (χ2v) is 9.52. The van der Waals surface area contributed by atoms with E-state index in [0.717, 1.165) is 23.6 Å². The molecule has 0 aromatic heterocycles. The third-order valence-electron chi connectivity index (χ3n) is 4.58. The Morgan fingerprint density at radius 2 is 2.04 bits per heavy atom. The van der Waals surface area contributed by atoms with Crippen molar-refractivity contribution < 1.29 is 17.9 Å². The third-order valence-corrected chi connectivity index (χ3v) is 6.71. The van der Waals surface area contributed by atoms with Crippen molar-refractivity contribution in [2.24, 2.45) is 0 Å². The number of fused-ring (bicyclic) bond motifs is 1. The van der Waals surface area contributed by atoms with Crippen molar-refractivity contribution in [3.05, 3.63) is 23.8 Å². The maximum absolute atomic E-state index is 11.9. The number of benzene rings is 1. The molecule has 0 saturated carbocycles. The molecule has 0 spiro atoms. The maximum atomic E-state index is 11.9. The van der Waals surface area contributed by atoms with Gasteiger partial charge >= 0.3 is 0 Å². The summed E-state index contributed by atoms with van der Waals surface area (Å²) in [6, 6.07) is 5.72. The van der Waals surface area contributed by atoms with Crippen LogP contribution in [-0.2, 0) is 16.4 Å². The Bertz CT molecular complexity index is 767. The number of likely N-dealkylation sites (N-methyl/N-ethyl adjacent to an activating group) is 1. The number of sulfone groups is 1. The Balaban J connectivity index is 1.63. The van der Waals surface area contributed by atoms with E-state index in [4.69, 9.17) is 21.7 Å². The molecule has 26 heavy (non-hydrogen) atoms. The Labute approximate surface area is 160 Å². The van der Waals surface area contributed by atoms with Gasteiger partial charge in [-0.3, -0.25) is 0 Å². The van der Waals surface area contributed by atoms with Gasteiger partial charge < -0.3 is 24.6 Å². The van der Waals surface area contributed by atoms with Gasteiger partial charge in [-0.2, -0.15) is 0 Å². The first-order chi connectivity index (χ1) is 12.3. The molecule has 1 saturated heterocycles. The smallest absolute Gasteiger partial charge is 0.231 e. The first kappa shape index (κ1) is 19.2. The van der Waals surface area contributed by atoms with Gasteiger partial charge in [0.15, 0.2) is 26.4 Å². The Morgan fingerprint density at radius 1 is 1.27 bits per heavy atom. The molecule has 2 aliphatic rings. The van der Waals surface area contributed by atoms with E-state index in [1.165, 1.54) is 0 Å². The molecule has 0 aliphatic carbocycles. The lowest BCUT2D eigenvalue weighted by atomic mass is 10.2. The topological polar surface area (TPSA) is 71.1 Å². The van der Waals surface area contributed by atoms with E-state index in [0.29, 0.717) is 24.6 Å². The van der Waals surface area contributed by atoms with Gasteiger partial charge in [0, 0.05) is 25.7 Å². The van der Waals surface area contributed by atoms with Crippen LogP contribution in [0.5, 0.6) is 11.5 Å². The summed E-state index contributed by atoms with van der Waals surface area (Å²) in [5.74, 6) is 1.90. The standard InChI is InChI=1S/C17H25N3O4S2/c1-19(2)6-7-20(14-5-8-26(21,22)11-14)17(25)18-10-13-3-4-15-16(9-13)24-12-23-15/h3-4,9,14H,5-8,10-12H2,1-2H3,(H,18,25)/t14-/m1/s1. The van der Waals surface area contributed by atoms with Crippen molar-refractivity contribution in [1.82, 2.24) is 15.1 Å². The first-order valence-electron chi connectivity index (χ1n) is 8.62. The molecule has 9 heteroatoms. The summed E-state index contributed by atoms with van der Waals surface area (Å²) in [4.78, 5) is 4.09. The number of hydrogen-bond donors (Lipinski definition) is 1. The minimum absolute atomic E-state index is 0.0586. The summed E-state index contributed by atoms with van der Waals surface area (Å²) in [6.45, 7) is 2.30. The fourth-order valence-electron chi connectivity index (χ4n) is 3.11. The van der Waals surface area contributed by atoms with Crippen LogP contribution < -0.4 is 14.8 Å². The molecule has 2 aliphatic heterocycles. The van der Waals surface area contributed by atoms with E-state index in [9.17, 15) is 8.42 Å². The second kappa shape index (κ2) is 7.98. The number of thiocarbonyl (C=S) groups is 1. The zero-order valence-corrected chi connectivity index (χ0v) is 16.7. The SMILES string of the molecule is CN(C)CCN(C(=S)NCc1ccc2c(c1)OCO2)[C@@H]1CCS(=O)(=O)C1. The lowest BCUT2D eigenvalue weighted by Crippen LogP contribution is -2.48. The van der Waals surface area contributed by atoms with Crippen molar-refractivity contribution in [1.29, 1.82) is 0 Å². The summed E-state index contributed by atoms with van der Waals surface area (Å²) in [5, 5.41) is 3.86. The first-order valence-corrected chi connectivity index (χ1v) is 10.9. The van der Waals surface area contributed by atoms with Crippen LogP contribution in [-0.4, -0.2) is 74.9 Å². The van der Waals surface area contributed by atoms with Gasteiger partial charge in [-0.1, -0.05) is 6.07 Å². The van der Waals surface area contributed by atoms with Crippen LogP contribution in [0.2, 0.25) is 0 Å². The maximum Gasteiger partial charge on any atom is 0.231 e. The Morgan fingerprint density at radius 3 is 2.73 bits per heavy atom. The Kier molecular flexibility index (Phi) is 5.89. The molecular weight excluding hydrogens is 374 g/mol. The van der Waals surface area contributed by atoms with Crippen LogP contribution in [0.1, 0.15) is 12.0 Å². The molecule has 1 fully saturated rings. The van der Waals surface area contributed by atoms with Crippen LogP contribution in [0, 0.1) is 0 Å². The highest BCUT2D eigenvalue weighted by molar-refractivity contribution is 7.91. The summed E-state index contributed by atoms with van der Waals surface area (Å²) in [6.07, 6.45) is 0.627. The number of rotatable bonds is 6. The fraction of sp³-hybridized carbons (Fsp3) is 0.588. The molecule has 0 radical (unpaired) electrons. The molecule has 7 nitrogen and oxygen atoms in total. The van der Waals surface area contributed by atoms with Gasteiger partial charge in [-0.05, 0) is 50.4 Å². The molecule has 0 bridgehead atoms. The monoisotopic (exact) mass is 399 g/mol. The van der Waals surface area contributed by atoms with E-state index in [1.807, 2.05) is 37.2 Å². The molecule has 3 rings (SSSR count). The van der Waals surface area contributed by atoms with Gasteiger partial charge in [-0.25, -0.2) is 8.42 Å². The highest BCUT2D eigenvalue weighted by Crippen LogP contribution is 2.32. The van der Waals surface area contributed by atoms with Gasteiger partial charge in [0.05, 0.1) is 11.5 Å². The van der Waals surface area contributed by atoms with E-state index >= 15 is 0 Å². The summed E-state index contributed by atoms with van der Waals surface area (Å²) < 4.78 is 34.5. The molecule has 144 valence electrons. The third kappa shape index (κ3) is 4.77. The zero-order valence-electron chi connectivity index (χ0n) is 15.1. The quantitative estimate of drug-likeness (QED) is 0.706. The van der Waals surface area contributed by atoms with Crippen LogP contribution in [0.25, 0.3) is 0 Å². The van der Waals surface area contributed by atoms with Crippen molar-refractivity contribution in [3.8, 4) is 11.5 Å². The minimum atomic E-state index is -2.96. The highest BCUT2D eigenvalue weighted by atomic mass is 32.2. The fourth-order valence-corrected chi connectivity index (χ4v) is 5.15. The molecule has 1 atom stereocenters. The number of nitrogens with zero attached hydrogens (tertiary/aromatic N) is 2. The molecule has 0 unspecified atom stereocenters. The largest absolute Gasteiger partial charge is 0.454 e. The molecule has 1 aromatic carbocycles. The van der Waals surface area contributed by atoms with Gasteiger partial charge in [0.25, 0.3) is 0 Å². The normalized spacial score (nSPS) is 20.3. The molecule has 0 amide bonds. The number of hydrogen-bond acceptors (Lipinski definition) is 6. The minimum Gasteiger partial charge on any atom is -0.454 e. The average Bonchev–Trinajstić information content (AvgIpc) is 3.18. The molecule has 1 aromatic rings. The van der Waals surface area contributed by atoms with Gasteiger partial charge in [-0.15, -0.1) is 0 Å². The predicted octanol–water partition coefficient (Wildman–Crippen LogP) is 0.841. The van der Waals surface area contributed by atoms with Gasteiger partial charge in [0.2, 0.25) is 6.79 Å². The van der Waals surface area contributed by atoms with Crippen LogP contribution in [0.15, 0.2) is 18.2 Å². The summed E-state index contributed by atoms with van der Waals surface area (Å²) in [5.41, 5.74) is 1.03. The average molecular weight is 400 g/mol. The second-order valence-electron chi connectivity index (χ2n) is 6.90. The van der Waals surface area contributed by atoms with Crippen molar-refractivity contribution >= 4 is 27.2 Å². The van der Waals surface area contributed by atoms with E-state index < -0.39 is 9.84 Å². The van der Waals surface area contributed by atoms with Crippen LogP contribution >= 0.6 is 12.2 Å². The lowest BCUT2D eigenvalue weighted by molar-refractivity contribution is 0.174. The summed E-state index contributed by atoms with van der Waals surface area (Å²) in [7, 11) is 1.03. The molecule has 2 heterocycles. The summed E-state index contributed by atoms with van der Waals surface area (Å²) >= 11 is 5.58. The van der Waals surface area contributed by atoms with E-state index in [-0.39, 0.29) is 24.3 Å². The van der Waals surface area contributed by atoms with Crippen molar-refractivity contribution in [3.63, 3.8) is 0 Å². The molecule has 1 N–H and O–H groups in total. The lowest BCUT2D eigenvalue weighted by Gasteiger charge is -2.32. The van der Waals surface area contributed by atoms with Crippen molar-refractivity contribution in [2.75, 3.05) is 45.5 Å². The van der Waals surface area contributed by atoms with Crippen LogP contribution in [0.3, 0.4) is 0 Å². The predicted molar refractivity (Wildman–Crippen MR) is 104 cm³/mol. The zero-order chi connectivity index (χ0) is 18.7. The number of nitrogens with one attached hydrogen (secondary N) is 1. The van der Waals surface area contributed by atoms with Gasteiger partial charge in [0.1, 0.15) is 0 Å². The van der Waals surface area contributed by atoms with Crippen LogP contribution in [0.4, 0.5) is 0 Å². The van der Waals surface area contributed by atoms with E-state index in [2.05, 4.69) is 10.2 Å². The number of ether oxygens (including phenoxy) is 2. The highest BCUT2D eigenvalue weighted by Gasteiger charge is 2.33. The van der Waals surface area contributed by atoms with E-state index in [1.54, 1.807) is 0 Å². The Hall–Kier alpha value is -1.58.